The first-order valence-electron chi connectivity index (χ1n) is 25.4. The van der Waals surface area contributed by atoms with Crippen LogP contribution in [0.3, 0.4) is 0 Å². The molecule has 338 valence electrons. The lowest BCUT2D eigenvalue weighted by Gasteiger charge is -2.24. The number of ether oxygens (including phenoxy) is 1. The lowest BCUT2D eigenvalue weighted by molar-refractivity contribution is -0.151. The molecule has 0 fully saturated rings. The Morgan fingerprint density at radius 2 is 0.842 bits per heavy atom. The van der Waals surface area contributed by atoms with E-state index >= 15 is 0 Å². The summed E-state index contributed by atoms with van der Waals surface area (Å²) in [5, 5.41) is 23.7. The topological polar surface area (TPSA) is 95.9 Å². The van der Waals surface area contributed by atoms with E-state index in [0.29, 0.717) is 19.3 Å². The van der Waals surface area contributed by atoms with Gasteiger partial charge in [0.1, 0.15) is 6.10 Å². The lowest BCUT2D eigenvalue weighted by Crippen LogP contribution is -2.46. The van der Waals surface area contributed by atoms with E-state index in [1.54, 1.807) is 0 Å². The minimum absolute atomic E-state index is 0.0812. The molecular formula is C51H99NO5. The SMILES string of the molecule is CCCCCCCC/C=C/CCCCCCCCCC(CC(=O)NC(CO)C(O)CCCCCCCCCCCC)OC(=O)CCCCCCCCCCCCC. The molecule has 0 heterocycles. The molecule has 0 aromatic rings. The highest BCUT2D eigenvalue weighted by Gasteiger charge is 2.24. The first kappa shape index (κ1) is 55.6. The van der Waals surface area contributed by atoms with Gasteiger partial charge in [0.15, 0.2) is 0 Å². The van der Waals surface area contributed by atoms with Gasteiger partial charge in [0.25, 0.3) is 0 Å². The fourth-order valence-corrected chi connectivity index (χ4v) is 7.96. The standard InChI is InChI=1S/C51H99NO5/c1-4-7-10-13-16-19-22-23-24-25-26-27-29-30-33-36-39-42-47(57-51(56)44-41-38-35-32-28-20-17-14-11-8-5-2)45-50(55)52-48(46-53)49(54)43-40-37-34-31-21-18-15-12-9-6-3/h23-24,47-49,53-54H,4-22,25-46H2,1-3H3,(H,52,55)/b24-23+. The number of esters is 1. The Balaban J connectivity index is 4.54. The summed E-state index contributed by atoms with van der Waals surface area (Å²) in [4.78, 5) is 26.1. The highest BCUT2D eigenvalue weighted by Crippen LogP contribution is 2.18. The Morgan fingerprint density at radius 1 is 0.491 bits per heavy atom. The van der Waals surface area contributed by atoms with Gasteiger partial charge < -0.3 is 20.3 Å². The fourth-order valence-electron chi connectivity index (χ4n) is 7.96. The summed E-state index contributed by atoms with van der Waals surface area (Å²) < 4.78 is 5.93. The van der Waals surface area contributed by atoms with Crippen molar-refractivity contribution in [3.63, 3.8) is 0 Å². The summed E-state index contributed by atoms with van der Waals surface area (Å²) in [5.41, 5.74) is 0. The van der Waals surface area contributed by atoms with E-state index in [1.165, 1.54) is 180 Å². The molecule has 3 N–H and O–H groups in total. The van der Waals surface area contributed by atoms with E-state index < -0.39 is 18.2 Å². The Bertz CT molecular complexity index is 863. The van der Waals surface area contributed by atoms with E-state index in [2.05, 4.69) is 38.2 Å². The average molecular weight is 806 g/mol. The lowest BCUT2D eigenvalue weighted by atomic mass is 10.0. The van der Waals surface area contributed by atoms with Gasteiger partial charge in [-0.25, -0.2) is 0 Å². The van der Waals surface area contributed by atoms with Crippen molar-refractivity contribution < 1.29 is 24.5 Å². The van der Waals surface area contributed by atoms with Crippen LogP contribution in [0.2, 0.25) is 0 Å². The molecule has 0 saturated heterocycles. The van der Waals surface area contributed by atoms with Crippen LogP contribution in [0.4, 0.5) is 0 Å². The van der Waals surface area contributed by atoms with Crippen molar-refractivity contribution in [1.29, 1.82) is 0 Å². The van der Waals surface area contributed by atoms with Crippen LogP contribution in [-0.4, -0.2) is 46.9 Å². The van der Waals surface area contributed by atoms with Crippen LogP contribution in [0.25, 0.3) is 0 Å². The number of hydrogen-bond donors (Lipinski definition) is 3. The molecule has 57 heavy (non-hydrogen) atoms. The van der Waals surface area contributed by atoms with Crippen LogP contribution in [-0.2, 0) is 14.3 Å². The fraction of sp³-hybridized carbons (Fsp3) is 0.922. The summed E-state index contributed by atoms with van der Waals surface area (Å²) in [5.74, 6) is -0.464. The molecule has 3 unspecified atom stereocenters. The molecule has 0 aliphatic rings. The smallest absolute Gasteiger partial charge is 0.306 e. The van der Waals surface area contributed by atoms with Gasteiger partial charge in [-0.05, 0) is 51.4 Å². The number of amides is 1. The van der Waals surface area contributed by atoms with Gasteiger partial charge in [-0.1, -0.05) is 226 Å². The molecule has 0 radical (unpaired) electrons. The number of aliphatic hydroxyl groups is 2. The van der Waals surface area contributed by atoms with Crippen molar-refractivity contribution in [2.45, 2.75) is 296 Å². The van der Waals surface area contributed by atoms with Crippen LogP contribution in [0.1, 0.15) is 278 Å². The van der Waals surface area contributed by atoms with Crippen molar-refractivity contribution in [1.82, 2.24) is 5.32 Å². The molecule has 0 rings (SSSR count). The van der Waals surface area contributed by atoms with Gasteiger partial charge in [0.2, 0.25) is 5.91 Å². The predicted octanol–water partition coefficient (Wildman–Crippen LogP) is 15.0. The summed E-state index contributed by atoms with van der Waals surface area (Å²) in [6.07, 6.45) is 49.8. The van der Waals surface area contributed by atoms with Crippen molar-refractivity contribution in [2.24, 2.45) is 0 Å². The van der Waals surface area contributed by atoms with E-state index in [9.17, 15) is 19.8 Å². The largest absolute Gasteiger partial charge is 0.462 e. The minimum atomic E-state index is -0.781. The van der Waals surface area contributed by atoms with Gasteiger partial charge >= 0.3 is 5.97 Å². The first-order chi connectivity index (χ1) is 28.0. The van der Waals surface area contributed by atoms with Crippen LogP contribution in [0, 0.1) is 0 Å². The second kappa shape index (κ2) is 45.7. The Labute approximate surface area is 355 Å². The highest BCUT2D eigenvalue weighted by atomic mass is 16.5. The number of rotatable bonds is 46. The van der Waals surface area contributed by atoms with Crippen LogP contribution < -0.4 is 5.32 Å². The predicted molar refractivity (Wildman–Crippen MR) is 246 cm³/mol. The van der Waals surface area contributed by atoms with Crippen molar-refractivity contribution in [3.05, 3.63) is 12.2 Å². The molecule has 0 aliphatic carbocycles. The van der Waals surface area contributed by atoms with Crippen LogP contribution in [0.15, 0.2) is 12.2 Å². The summed E-state index contributed by atoms with van der Waals surface area (Å²) in [7, 11) is 0. The molecule has 0 bridgehead atoms. The Morgan fingerprint density at radius 3 is 1.25 bits per heavy atom. The molecule has 6 heteroatoms. The quantitative estimate of drug-likeness (QED) is 0.0323. The highest BCUT2D eigenvalue weighted by molar-refractivity contribution is 5.77. The van der Waals surface area contributed by atoms with E-state index in [1.807, 2.05) is 0 Å². The molecule has 0 aliphatic heterocycles. The maximum Gasteiger partial charge on any atom is 0.306 e. The van der Waals surface area contributed by atoms with E-state index in [-0.39, 0.29) is 24.9 Å². The molecule has 0 aromatic heterocycles. The summed E-state index contributed by atoms with van der Waals surface area (Å²) in [6.45, 7) is 6.48. The molecule has 6 nitrogen and oxygen atoms in total. The van der Waals surface area contributed by atoms with Gasteiger partial charge in [-0.2, -0.15) is 0 Å². The van der Waals surface area contributed by atoms with Crippen LogP contribution in [0.5, 0.6) is 0 Å². The number of carbonyl (C=O) groups excluding carboxylic acids is 2. The number of nitrogens with one attached hydrogen (secondary N) is 1. The Kier molecular flexibility index (Phi) is 44.6. The maximum absolute atomic E-state index is 13.2. The molecule has 0 saturated carbocycles. The molecular weight excluding hydrogens is 707 g/mol. The molecule has 0 aromatic carbocycles. The van der Waals surface area contributed by atoms with Gasteiger partial charge in [-0.15, -0.1) is 0 Å². The number of aliphatic hydroxyl groups excluding tert-OH is 2. The maximum atomic E-state index is 13.2. The first-order valence-corrected chi connectivity index (χ1v) is 25.4. The van der Waals surface area contributed by atoms with Crippen molar-refractivity contribution in [3.8, 4) is 0 Å². The van der Waals surface area contributed by atoms with E-state index in [0.717, 1.165) is 51.4 Å². The number of carbonyl (C=O) groups is 2. The zero-order valence-corrected chi connectivity index (χ0v) is 38.5. The van der Waals surface area contributed by atoms with Crippen LogP contribution >= 0.6 is 0 Å². The van der Waals surface area contributed by atoms with Crippen molar-refractivity contribution >= 4 is 11.9 Å². The van der Waals surface area contributed by atoms with Gasteiger partial charge in [0.05, 0.1) is 25.2 Å². The summed E-state index contributed by atoms with van der Waals surface area (Å²) >= 11 is 0. The second-order valence-electron chi connectivity index (χ2n) is 17.6. The number of unbranched alkanes of at least 4 members (excludes halogenated alkanes) is 32. The zero-order valence-electron chi connectivity index (χ0n) is 38.5. The van der Waals surface area contributed by atoms with E-state index in [4.69, 9.17) is 4.74 Å². The van der Waals surface area contributed by atoms with Gasteiger partial charge in [0, 0.05) is 6.42 Å². The number of hydrogen-bond acceptors (Lipinski definition) is 5. The average Bonchev–Trinajstić information content (AvgIpc) is 3.20. The summed E-state index contributed by atoms with van der Waals surface area (Å²) in [6, 6.07) is -0.695. The van der Waals surface area contributed by atoms with Gasteiger partial charge in [-0.3, -0.25) is 9.59 Å². The molecule has 0 spiro atoms. The minimum Gasteiger partial charge on any atom is -0.462 e. The third kappa shape index (κ3) is 41.1. The van der Waals surface area contributed by atoms with Crippen molar-refractivity contribution in [2.75, 3.05) is 6.61 Å². The zero-order chi connectivity index (χ0) is 41.7. The second-order valence-corrected chi connectivity index (χ2v) is 17.6. The number of allylic oxidation sites excluding steroid dienone is 2. The Hall–Kier alpha value is -1.40. The third-order valence-corrected chi connectivity index (χ3v) is 11.8. The monoisotopic (exact) mass is 806 g/mol. The normalized spacial score (nSPS) is 13.3. The molecule has 1 amide bonds. The molecule has 3 atom stereocenters. The third-order valence-electron chi connectivity index (χ3n) is 11.8.